The predicted molar refractivity (Wildman–Crippen MR) is 88.6 cm³/mol. The first kappa shape index (κ1) is 14.3. The number of nitrogens with two attached hydrogens (primary N) is 1. The zero-order valence-corrected chi connectivity index (χ0v) is 12.9. The van der Waals surface area contributed by atoms with E-state index in [0.29, 0.717) is 12.6 Å². The number of anilines is 1. The Morgan fingerprint density at radius 2 is 2.05 bits per heavy atom. The van der Waals surface area contributed by atoms with Gasteiger partial charge in [0, 0.05) is 37.3 Å². The Morgan fingerprint density at radius 1 is 1.29 bits per heavy atom. The molecule has 0 spiro atoms. The van der Waals surface area contributed by atoms with E-state index in [9.17, 15) is 0 Å². The molecule has 21 heavy (non-hydrogen) atoms. The van der Waals surface area contributed by atoms with Gasteiger partial charge in [0.25, 0.3) is 0 Å². The molecule has 0 aliphatic carbocycles. The van der Waals surface area contributed by atoms with Crippen molar-refractivity contribution < 1.29 is 0 Å². The second kappa shape index (κ2) is 6.00. The normalized spacial score (nSPS) is 18.9. The molecule has 1 atom stereocenters. The predicted octanol–water partition coefficient (Wildman–Crippen LogP) is 2.22. The van der Waals surface area contributed by atoms with Crippen molar-refractivity contribution in [1.82, 2.24) is 9.88 Å². The average molecular weight is 284 g/mol. The Balaban J connectivity index is 2.04. The average Bonchev–Trinajstić information content (AvgIpc) is 2.93. The number of hydrogen-bond acceptors (Lipinski definition) is 4. The summed E-state index contributed by atoms with van der Waals surface area (Å²) in [5.74, 6) is 1.12. The molecule has 4 heteroatoms. The molecular formula is C17H24N4. The molecule has 2 N–H and O–H groups in total. The van der Waals surface area contributed by atoms with Crippen molar-refractivity contribution in [3.8, 4) is 0 Å². The molecule has 0 saturated carbocycles. The van der Waals surface area contributed by atoms with Crippen LogP contribution in [0, 0.1) is 0 Å². The van der Waals surface area contributed by atoms with Crippen molar-refractivity contribution in [3.63, 3.8) is 0 Å². The third kappa shape index (κ3) is 2.74. The lowest BCUT2D eigenvalue weighted by atomic mass is 10.1. The van der Waals surface area contributed by atoms with Crippen LogP contribution in [-0.2, 0) is 6.54 Å². The van der Waals surface area contributed by atoms with Crippen LogP contribution < -0.4 is 10.6 Å². The number of nitrogens with zero attached hydrogens (tertiary/aromatic N) is 3. The number of fused-ring (bicyclic) bond motifs is 1. The quantitative estimate of drug-likeness (QED) is 0.935. The van der Waals surface area contributed by atoms with Gasteiger partial charge >= 0.3 is 0 Å². The van der Waals surface area contributed by atoms with Crippen LogP contribution in [0.2, 0.25) is 0 Å². The zero-order chi connectivity index (χ0) is 14.8. The van der Waals surface area contributed by atoms with Gasteiger partial charge in [-0.05, 0) is 37.9 Å². The molecule has 1 saturated heterocycles. The molecule has 112 valence electrons. The lowest BCUT2D eigenvalue weighted by Gasteiger charge is -2.29. The molecule has 0 radical (unpaired) electrons. The lowest BCUT2D eigenvalue weighted by Crippen LogP contribution is -2.38. The Hall–Kier alpha value is -1.65. The van der Waals surface area contributed by atoms with Crippen LogP contribution in [0.5, 0.6) is 0 Å². The Morgan fingerprint density at radius 3 is 2.76 bits per heavy atom. The topological polar surface area (TPSA) is 45.4 Å². The van der Waals surface area contributed by atoms with E-state index < -0.39 is 0 Å². The molecule has 4 nitrogen and oxygen atoms in total. The highest BCUT2D eigenvalue weighted by Gasteiger charge is 2.27. The Kier molecular flexibility index (Phi) is 4.08. The number of pyridine rings is 1. The van der Waals surface area contributed by atoms with Crippen molar-refractivity contribution in [2.24, 2.45) is 5.73 Å². The molecular weight excluding hydrogens is 260 g/mol. The van der Waals surface area contributed by atoms with Gasteiger partial charge in [-0.15, -0.1) is 0 Å². The van der Waals surface area contributed by atoms with E-state index in [2.05, 4.69) is 48.2 Å². The molecule has 1 fully saturated rings. The first-order valence-corrected chi connectivity index (χ1v) is 7.68. The fourth-order valence-corrected chi connectivity index (χ4v) is 3.35. The number of rotatable bonds is 4. The fourth-order valence-electron chi connectivity index (χ4n) is 3.35. The van der Waals surface area contributed by atoms with Crippen LogP contribution in [0.25, 0.3) is 10.8 Å². The maximum atomic E-state index is 5.85. The van der Waals surface area contributed by atoms with Gasteiger partial charge in [-0.25, -0.2) is 4.98 Å². The monoisotopic (exact) mass is 284 g/mol. The lowest BCUT2D eigenvalue weighted by molar-refractivity contribution is 0.371. The van der Waals surface area contributed by atoms with E-state index in [1.165, 1.54) is 23.6 Å². The molecule has 2 aromatic rings. The van der Waals surface area contributed by atoms with Gasteiger partial charge in [-0.2, -0.15) is 0 Å². The SMILES string of the molecule is CN(C)CC1CCCN1c1ncc(CN)c2ccccc12. The summed E-state index contributed by atoms with van der Waals surface area (Å²) in [6, 6.07) is 9.04. The number of benzene rings is 1. The second-order valence-corrected chi connectivity index (χ2v) is 6.11. The Bertz CT molecular complexity index is 623. The molecule has 2 heterocycles. The summed E-state index contributed by atoms with van der Waals surface area (Å²) in [4.78, 5) is 9.48. The van der Waals surface area contributed by atoms with Crippen LogP contribution in [0.3, 0.4) is 0 Å². The third-order valence-corrected chi connectivity index (χ3v) is 4.30. The number of aromatic nitrogens is 1. The van der Waals surface area contributed by atoms with Crippen LogP contribution in [-0.4, -0.2) is 43.1 Å². The summed E-state index contributed by atoms with van der Waals surface area (Å²) in [7, 11) is 4.28. The second-order valence-electron chi connectivity index (χ2n) is 6.11. The molecule has 1 aromatic carbocycles. The Labute approximate surface area is 126 Å². The zero-order valence-electron chi connectivity index (χ0n) is 12.9. The third-order valence-electron chi connectivity index (χ3n) is 4.30. The standard InChI is InChI=1S/C17H24N4/c1-20(2)12-14-6-5-9-21(14)17-16-8-4-3-7-15(16)13(10-18)11-19-17/h3-4,7-8,11,14H,5-6,9-10,12,18H2,1-2H3. The van der Waals surface area contributed by atoms with Gasteiger partial charge in [0.15, 0.2) is 0 Å². The minimum absolute atomic E-state index is 0.537. The van der Waals surface area contributed by atoms with E-state index in [4.69, 9.17) is 10.7 Å². The van der Waals surface area contributed by atoms with Crippen molar-refractivity contribution in [2.45, 2.75) is 25.4 Å². The van der Waals surface area contributed by atoms with Gasteiger partial charge in [0.05, 0.1) is 0 Å². The molecule has 3 rings (SSSR count). The van der Waals surface area contributed by atoms with E-state index in [1.807, 2.05) is 6.20 Å². The fraction of sp³-hybridized carbons (Fsp3) is 0.471. The minimum Gasteiger partial charge on any atom is -0.352 e. The largest absolute Gasteiger partial charge is 0.352 e. The van der Waals surface area contributed by atoms with E-state index >= 15 is 0 Å². The summed E-state index contributed by atoms with van der Waals surface area (Å²) < 4.78 is 0. The molecule has 0 bridgehead atoms. The first-order valence-electron chi connectivity index (χ1n) is 7.68. The maximum absolute atomic E-state index is 5.85. The van der Waals surface area contributed by atoms with Crippen molar-refractivity contribution in [3.05, 3.63) is 36.0 Å². The summed E-state index contributed by atoms with van der Waals surface area (Å²) in [5.41, 5.74) is 6.98. The number of hydrogen-bond donors (Lipinski definition) is 1. The van der Waals surface area contributed by atoms with Gasteiger partial charge in [-0.3, -0.25) is 0 Å². The molecule has 1 aromatic heterocycles. The molecule has 1 aliphatic heterocycles. The van der Waals surface area contributed by atoms with Gasteiger partial charge in [0.2, 0.25) is 0 Å². The van der Waals surface area contributed by atoms with Crippen LogP contribution in [0.4, 0.5) is 5.82 Å². The van der Waals surface area contributed by atoms with E-state index in [0.717, 1.165) is 24.5 Å². The van der Waals surface area contributed by atoms with Crippen molar-refractivity contribution in [1.29, 1.82) is 0 Å². The smallest absolute Gasteiger partial charge is 0.136 e. The van der Waals surface area contributed by atoms with Crippen LogP contribution in [0.1, 0.15) is 18.4 Å². The van der Waals surface area contributed by atoms with Gasteiger partial charge < -0.3 is 15.5 Å². The van der Waals surface area contributed by atoms with Crippen molar-refractivity contribution in [2.75, 3.05) is 32.1 Å². The van der Waals surface area contributed by atoms with Crippen LogP contribution in [0.15, 0.2) is 30.5 Å². The van der Waals surface area contributed by atoms with Gasteiger partial charge in [-0.1, -0.05) is 24.3 Å². The summed E-state index contributed by atoms with van der Waals surface area (Å²) >= 11 is 0. The molecule has 1 unspecified atom stereocenters. The van der Waals surface area contributed by atoms with E-state index in [1.54, 1.807) is 0 Å². The van der Waals surface area contributed by atoms with Crippen LogP contribution >= 0.6 is 0 Å². The maximum Gasteiger partial charge on any atom is 0.136 e. The minimum atomic E-state index is 0.537. The van der Waals surface area contributed by atoms with Crippen molar-refractivity contribution >= 4 is 16.6 Å². The first-order chi connectivity index (χ1) is 10.2. The molecule has 0 amide bonds. The summed E-state index contributed by atoms with van der Waals surface area (Å²) in [6.07, 6.45) is 4.43. The van der Waals surface area contributed by atoms with E-state index in [-0.39, 0.29) is 0 Å². The summed E-state index contributed by atoms with van der Waals surface area (Å²) in [6.45, 7) is 2.71. The molecule has 1 aliphatic rings. The number of likely N-dealkylation sites (N-methyl/N-ethyl adjacent to an activating group) is 1. The highest BCUT2D eigenvalue weighted by molar-refractivity contribution is 5.94. The van der Waals surface area contributed by atoms with Gasteiger partial charge in [0.1, 0.15) is 5.82 Å². The highest BCUT2D eigenvalue weighted by Crippen LogP contribution is 2.32. The highest BCUT2D eigenvalue weighted by atomic mass is 15.3. The summed E-state index contributed by atoms with van der Waals surface area (Å²) in [5, 5.41) is 2.46.